The van der Waals surface area contributed by atoms with Gasteiger partial charge in [0.05, 0.1) is 23.6 Å². The third kappa shape index (κ3) is 5.55. The van der Waals surface area contributed by atoms with Crippen LogP contribution in [-0.4, -0.2) is 41.5 Å². The summed E-state index contributed by atoms with van der Waals surface area (Å²) in [6.07, 6.45) is 3.41. The van der Waals surface area contributed by atoms with Crippen molar-refractivity contribution in [2.45, 2.75) is 19.8 Å². The lowest BCUT2D eigenvalue weighted by molar-refractivity contribution is 0.0985. The van der Waals surface area contributed by atoms with Crippen molar-refractivity contribution in [1.29, 1.82) is 0 Å². The Morgan fingerprint density at radius 2 is 1.97 bits per heavy atom. The minimum Gasteiger partial charge on any atom is -0.493 e. The number of rotatable bonds is 7. The Kier molecular flexibility index (Phi) is 7.44. The first kappa shape index (κ1) is 23.7. The van der Waals surface area contributed by atoms with Gasteiger partial charge in [-0.3, -0.25) is 9.59 Å². The second-order valence-electron chi connectivity index (χ2n) is 8.11. The molecule has 34 heavy (non-hydrogen) atoms. The van der Waals surface area contributed by atoms with Crippen molar-refractivity contribution in [2.75, 3.05) is 30.3 Å². The van der Waals surface area contributed by atoms with E-state index in [9.17, 15) is 14.0 Å². The molecule has 1 saturated heterocycles. The molecule has 1 aromatic heterocycles. The summed E-state index contributed by atoms with van der Waals surface area (Å²) < 4.78 is 20.0. The van der Waals surface area contributed by atoms with Gasteiger partial charge in [-0.15, -0.1) is 0 Å². The Morgan fingerprint density at radius 1 is 1.18 bits per heavy atom. The third-order valence-electron chi connectivity index (χ3n) is 5.67. The van der Waals surface area contributed by atoms with Gasteiger partial charge in [0.25, 0.3) is 11.8 Å². The van der Waals surface area contributed by atoms with E-state index in [2.05, 4.69) is 25.9 Å². The lowest BCUT2D eigenvalue weighted by Crippen LogP contribution is -2.30. The van der Waals surface area contributed by atoms with Gasteiger partial charge in [-0.25, -0.2) is 9.37 Å². The maximum atomic E-state index is 14.0. The fraction of sp³-hybridized carbons (Fsp3) is 0.292. The van der Waals surface area contributed by atoms with Gasteiger partial charge in [-0.1, -0.05) is 17.7 Å². The summed E-state index contributed by atoms with van der Waals surface area (Å²) in [5, 5.41) is 8.52. The van der Waals surface area contributed by atoms with Gasteiger partial charge < -0.3 is 25.7 Å². The van der Waals surface area contributed by atoms with Crippen LogP contribution < -0.4 is 20.7 Å². The van der Waals surface area contributed by atoms with Crippen molar-refractivity contribution in [3.8, 4) is 5.75 Å². The van der Waals surface area contributed by atoms with Gasteiger partial charge in [-0.05, 0) is 74.7 Å². The second-order valence-corrected chi connectivity index (χ2v) is 8.52. The lowest BCUT2D eigenvalue weighted by Gasteiger charge is -2.22. The van der Waals surface area contributed by atoms with Crippen LogP contribution in [0.15, 0.2) is 42.7 Å². The quantitative estimate of drug-likeness (QED) is 0.397. The summed E-state index contributed by atoms with van der Waals surface area (Å²) in [6.45, 7) is 4.53. The molecule has 3 aromatic rings. The Bertz CT molecular complexity index is 1170. The number of aryl methyl sites for hydroxylation is 1. The smallest absolute Gasteiger partial charge is 0.276 e. The number of ether oxygens (including phenoxy) is 1. The van der Waals surface area contributed by atoms with Crippen LogP contribution in [0, 0.1) is 18.7 Å². The highest BCUT2D eigenvalue weighted by atomic mass is 35.5. The summed E-state index contributed by atoms with van der Waals surface area (Å²) in [6, 6.07) is 9.44. The Morgan fingerprint density at radius 3 is 2.71 bits per heavy atom. The Balaban J connectivity index is 1.41. The number of halogens is 2. The van der Waals surface area contributed by atoms with E-state index in [1.165, 1.54) is 24.5 Å². The van der Waals surface area contributed by atoms with Crippen molar-refractivity contribution >= 4 is 34.8 Å². The van der Waals surface area contributed by atoms with Gasteiger partial charge in [0, 0.05) is 5.69 Å². The summed E-state index contributed by atoms with van der Waals surface area (Å²) in [7, 11) is 0. The number of amides is 2. The van der Waals surface area contributed by atoms with Crippen LogP contribution in [0.1, 0.15) is 39.4 Å². The molecular formula is C24H25ClFN5O3. The molecule has 0 bridgehead atoms. The molecule has 10 heteroatoms. The molecule has 0 atom stereocenters. The average Bonchev–Trinajstić information content (AvgIpc) is 3.33. The van der Waals surface area contributed by atoms with Crippen LogP contribution in [0.5, 0.6) is 5.75 Å². The maximum Gasteiger partial charge on any atom is 0.276 e. The molecule has 4 rings (SSSR count). The highest BCUT2D eigenvalue weighted by Gasteiger charge is 2.23. The van der Waals surface area contributed by atoms with E-state index in [-0.39, 0.29) is 22.1 Å². The number of piperidine rings is 1. The predicted octanol–water partition coefficient (Wildman–Crippen LogP) is 4.39. The zero-order valence-corrected chi connectivity index (χ0v) is 19.3. The maximum absolute atomic E-state index is 14.0. The van der Waals surface area contributed by atoms with Gasteiger partial charge in [-0.2, -0.15) is 0 Å². The highest BCUT2D eigenvalue weighted by molar-refractivity contribution is 6.34. The van der Waals surface area contributed by atoms with E-state index in [1.807, 2.05) is 13.0 Å². The number of nitrogens with zero attached hydrogens (tertiary/aromatic N) is 1. The molecule has 1 aliphatic heterocycles. The van der Waals surface area contributed by atoms with E-state index in [0.717, 1.165) is 37.2 Å². The number of nitrogens with one attached hydrogen (secondary N) is 4. The molecule has 0 unspecified atom stereocenters. The van der Waals surface area contributed by atoms with E-state index < -0.39 is 17.6 Å². The van der Waals surface area contributed by atoms with Gasteiger partial charge >= 0.3 is 0 Å². The van der Waals surface area contributed by atoms with Crippen LogP contribution in [0.2, 0.25) is 5.02 Å². The van der Waals surface area contributed by atoms with Crippen LogP contribution in [0.4, 0.5) is 15.8 Å². The summed E-state index contributed by atoms with van der Waals surface area (Å²) in [4.78, 5) is 32.1. The molecule has 2 aromatic carbocycles. The number of aromatic nitrogens is 2. The van der Waals surface area contributed by atoms with Crippen LogP contribution in [-0.2, 0) is 0 Å². The number of benzene rings is 2. The first-order chi connectivity index (χ1) is 16.4. The second kappa shape index (κ2) is 10.7. The van der Waals surface area contributed by atoms with Crippen LogP contribution in [0.3, 0.4) is 0 Å². The molecule has 0 aliphatic carbocycles. The number of carbonyl (C=O) groups is 2. The standard InChI is InChI=1S/C24H25ClFN5O3/c1-14-11-16(34-12-15-7-9-27-10-8-15)5-6-19(14)30-23(32)21-22(29-13-28-21)24(33)31-20-17(25)3-2-4-18(20)26/h2-6,11,13,15,27H,7-10,12H2,1H3,(H,28,29)(H,30,32)(H,31,33). The van der Waals surface area contributed by atoms with Crippen LogP contribution >= 0.6 is 11.6 Å². The number of anilines is 2. The highest BCUT2D eigenvalue weighted by Crippen LogP contribution is 2.26. The van der Waals surface area contributed by atoms with Crippen LogP contribution in [0.25, 0.3) is 0 Å². The largest absolute Gasteiger partial charge is 0.493 e. The fourth-order valence-electron chi connectivity index (χ4n) is 3.74. The van der Waals surface area contributed by atoms with Gasteiger partial charge in [0.1, 0.15) is 17.3 Å². The lowest BCUT2D eigenvalue weighted by atomic mass is 9.99. The first-order valence-corrected chi connectivity index (χ1v) is 11.3. The van der Waals surface area contributed by atoms with Crippen molar-refractivity contribution in [3.05, 3.63) is 70.5 Å². The molecule has 2 amide bonds. The summed E-state index contributed by atoms with van der Waals surface area (Å²) in [5.74, 6) is -0.755. The van der Waals surface area contributed by atoms with Crippen molar-refractivity contribution in [3.63, 3.8) is 0 Å². The molecule has 8 nitrogen and oxygen atoms in total. The number of hydrogen-bond donors (Lipinski definition) is 4. The Hall–Kier alpha value is -3.43. The van der Waals surface area contributed by atoms with E-state index in [1.54, 1.807) is 12.1 Å². The number of H-pyrrole nitrogens is 1. The zero-order valence-electron chi connectivity index (χ0n) is 18.6. The van der Waals surface area contributed by atoms with E-state index in [0.29, 0.717) is 18.2 Å². The molecule has 4 N–H and O–H groups in total. The Labute approximate surface area is 201 Å². The number of imidazole rings is 1. The first-order valence-electron chi connectivity index (χ1n) is 11.0. The van der Waals surface area contributed by atoms with Gasteiger partial charge in [0.2, 0.25) is 0 Å². The average molecular weight is 486 g/mol. The fourth-order valence-corrected chi connectivity index (χ4v) is 3.95. The molecular weight excluding hydrogens is 461 g/mol. The zero-order chi connectivity index (χ0) is 24.1. The van der Waals surface area contributed by atoms with E-state index >= 15 is 0 Å². The van der Waals surface area contributed by atoms with Crippen molar-refractivity contribution < 1.29 is 18.7 Å². The molecule has 2 heterocycles. The van der Waals surface area contributed by atoms with E-state index in [4.69, 9.17) is 16.3 Å². The van der Waals surface area contributed by atoms with Gasteiger partial charge in [0.15, 0.2) is 5.69 Å². The topological polar surface area (TPSA) is 108 Å². The number of para-hydroxylation sites is 1. The molecule has 0 spiro atoms. The minimum absolute atomic E-state index is 0.0388. The number of aromatic amines is 1. The normalized spacial score (nSPS) is 14.0. The molecule has 0 radical (unpaired) electrons. The van der Waals surface area contributed by atoms with Crippen molar-refractivity contribution in [1.82, 2.24) is 15.3 Å². The predicted molar refractivity (Wildman–Crippen MR) is 128 cm³/mol. The molecule has 0 saturated carbocycles. The summed E-state index contributed by atoms with van der Waals surface area (Å²) >= 11 is 5.97. The number of carbonyl (C=O) groups excluding carboxylic acids is 2. The summed E-state index contributed by atoms with van der Waals surface area (Å²) in [5.41, 5.74) is 0.944. The third-order valence-corrected chi connectivity index (χ3v) is 5.99. The molecule has 1 aliphatic rings. The minimum atomic E-state index is -0.743. The van der Waals surface area contributed by atoms with Crippen molar-refractivity contribution in [2.24, 2.45) is 5.92 Å². The number of hydrogen-bond acceptors (Lipinski definition) is 5. The molecule has 1 fully saturated rings. The SMILES string of the molecule is Cc1cc(OCC2CCNCC2)ccc1NC(=O)c1nc[nH]c1C(=O)Nc1c(F)cccc1Cl. The monoisotopic (exact) mass is 485 g/mol. The molecule has 178 valence electrons.